The normalized spacial score (nSPS) is 14.7. The Morgan fingerprint density at radius 3 is 2.53 bits per heavy atom. The zero-order chi connectivity index (χ0) is 11.3. The van der Waals surface area contributed by atoms with Gasteiger partial charge in [-0.25, -0.2) is 0 Å². The molecule has 0 aromatic heterocycles. The van der Waals surface area contributed by atoms with Crippen LogP contribution in [0.1, 0.15) is 24.9 Å². The molecule has 0 saturated carbocycles. The maximum absolute atomic E-state index is 6.18. The van der Waals surface area contributed by atoms with E-state index in [-0.39, 0.29) is 6.04 Å². The molecule has 0 saturated heterocycles. The van der Waals surface area contributed by atoms with E-state index in [1.54, 1.807) is 7.11 Å². The Hall–Kier alpha value is -1.06. The largest absolute Gasteiger partial charge is 0.496 e. The molecule has 1 aromatic rings. The molecule has 0 aliphatic carbocycles. The molecule has 15 heavy (non-hydrogen) atoms. The van der Waals surface area contributed by atoms with E-state index >= 15 is 0 Å². The van der Waals surface area contributed by atoms with Crippen LogP contribution in [0.5, 0.6) is 5.75 Å². The molecule has 0 amide bonds. The zero-order valence-corrected chi connectivity index (χ0v) is 9.44. The van der Waals surface area contributed by atoms with E-state index < -0.39 is 0 Å². The monoisotopic (exact) mass is 208 g/mol. The van der Waals surface area contributed by atoms with E-state index in [1.165, 1.54) is 0 Å². The SMILES string of the molecule is CCC(CN)C(N)c1ccccc1OC. The van der Waals surface area contributed by atoms with Crippen molar-refractivity contribution in [2.24, 2.45) is 17.4 Å². The molecule has 0 spiro atoms. The fraction of sp³-hybridized carbons (Fsp3) is 0.500. The van der Waals surface area contributed by atoms with Gasteiger partial charge >= 0.3 is 0 Å². The molecule has 0 fully saturated rings. The summed E-state index contributed by atoms with van der Waals surface area (Å²) in [5.41, 5.74) is 12.9. The van der Waals surface area contributed by atoms with Crippen LogP contribution in [0, 0.1) is 5.92 Å². The quantitative estimate of drug-likeness (QED) is 0.774. The zero-order valence-electron chi connectivity index (χ0n) is 9.44. The third kappa shape index (κ3) is 2.70. The summed E-state index contributed by atoms with van der Waals surface area (Å²) in [7, 11) is 1.66. The van der Waals surface area contributed by atoms with Crippen molar-refractivity contribution in [3.05, 3.63) is 29.8 Å². The lowest BCUT2D eigenvalue weighted by molar-refractivity contribution is 0.380. The number of para-hydroxylation sites is 1. The molecule has 4 N–H and O–H groups in total. The van der Waals surface area contributed by atoms with Gasteiger partial charge in [0.1, 0.15) is 5.75 Å². The first-order chi connectivity index (χ1) is 7.24. The van der Waals surface area contributed by atoms with Gasteiger partial charge in [-0.3, -0.25) is 0 Å². The first-order valence-electron chi connectivity index (χ1n) is 5.33. The van der Waals surface area contributed by atoms with Crippen LogP contribution in [-0.4, -0.2) is 13.7 Å². The van der Waals surface area contributed by atoms with Gasteiger partial charge in [-0.15, -0.1) is 0 Å². The number of methoxy groups -OCH3 is 1. The number of benzene rings is 1. The molecule has 1 aromatic carbocycles. The number of nitrogens with two attached hydrogens (primary N) is 2. The van der Waals surface area contributed by atoms with E-state index in [0.717, 1.165) is 17.7 Å². The summed E-state index contributed by atoms with van der Waals surface area (Å²) in [4.78, 5) is 0. The molecule has 0 heterocycles. The van der Waals surface area contributed by atoms with Crippen molar-refractivity contribution in [2.45, 2.75) is 19.4 Å². The lowest BCUT2D eigenvalue weighted by atomic mass is 9.91. The maximum Gasteiger partial charge on any atom is 0.123 e. The molecule has 0 bridgehead atoms. The fourth-order valence-corrected chi connectivity index (χ4v) is 1.76. The molecule has 1 rings (SSSR count). The highest BCUT2D eigenvalue weighted by atomic mass is 16.5. The molecule has 84 valence electrons. The first kappa shape index (κ1) is 12.0. The van der Waals surface area contributed by atoms with Crippen molar-refractivity contribution in [3.63, 3.8) is 0 Å². The first-order valence-corrected chi connectivity index (χ1v) is 5.33. The minimum Gasteiger partial charge on any atom is -0.496 e. The highest BCUT2D eigenvalue weighted by molar-refractivity contribution is 5.36. The summed E-state index contributed by atoms with van der Waals surface area (Å²) in [5, 5.41) is 0. The van der Waals surface area contributed by atoms with Crippen molar-refractivity contribution >= 4 is 0 Å². The lowest BCUT2D eigenvalue weighted by Gasteiger charge is -2.23. The van der Waals surface area contributed by atoms with Gasteiger partial charge < -0.3 is 16.2 Å². The Morgan fingerprint density at radius 2 is 2.00 bits per heavy atom. The van der Waals surface area contributed by atoms with Gasteiger partial charge in [-0.2, -0.15) is 0 Å². The van der Waals surface area contributed by atoms with Crippen LogP contribution in [0.2, 0.25) is 0 Å². The number of hydrogen-bond acceptors (Lipinski definition) is 3. The second-order valence-corrected chi connectivity index (χ2v) is 3.67. The molecule has 0 radical (unpaired) electrons. The van der Waals surface area contributed by atoms with Crippen molar-refractivity contribution in [3.8, 4) is 5.75 Å². The highest BCUT2D eigenvalue weighted by Gasteiger charge is 2.19. The predicted octanol–water partition coefficient (Wildman–Crippen LogP) is 1.68. The molecule has 2 unspecified atom stereocenters. The Balaban J connectivity index is 2.93. The van der Waals surface area contributed by atoms with E-state index in [4.69, 9.17) is 16.2 Å². The number of rotatable bonds is 5. The van der Waals surface area contributed by atoms with Gasteiger partial charge in [-0.05, 0) is 18.5 Å². The summed E-state index contributed by atoms with van der Waals surface area (Å²) < 4.78 is 5.28. The third-order valence-corrected chi connectivity index (χ3v) is 2.83. The Bertz CT molecular complexity index is 297. The molecular weight excluding hydrogens is 188 g/mol. The van der Waals surface area contributed by atoms with Crippen LogP contribution in [0.4, 0.5) is 0 Å². The Morgan fingerprint density at radius 1 is 1.33 bits per heavy atom. The van der Waals surface area contributed by atoms with Crippen molar-refractivity contribution in [2.75, 3.05) is 13.7 Å². The minimum absolute atomic E-state index is 0.0452. The smallest absolute Gasteiger partial charge is 0.123 e. The van der Waals surface area contributed by atoms with Crippen molar-refractivity contribution < 1.29 is 4.74 Å². The fourth-order valence-electron chi connectivity index (χ4n) is 1.76. The van der Waals surface area contributed by atoms with Crippen molar-refractivity contribution in [1.29, 1.82) is 0 Å². The van der Waals surface area contributed by atoms with Crippen LogP contribution < -0.4 is 16.2 Å². The molecule has 0 aliphatic heterocycles. The maximum atomic E-state index is 6.18. The average Bonchev–Trinajstić information content (AvgIpc) is 2.30. The van der Waals surface area contributed by atoms with Gasteiger partial charge in [0.05, 0.1) is 7.11 Å². The highest BCUT2D eigenvalue weighted by Crippen LogP contribution is 2.28. The molecule has 3 nitrogen and oxygen atoms in total. The molecule has 2 atom stereocenters. The van der Waals surface area contributed by atoms with E-state index in [0.29, 0.717) is 12.5 Å². The lowest BCUT2D eigenvalue weighted by Crippen LogP contribution is -2.27. The van der Waals surface area contributed by atoms with Crippen molar-refractivity contribution in [1.82, 2.24) is 0 Å². The predicted molar refractivity (Wildman–Crippen MR) is 62.8 cm³/mol. The second-order valence-electron chi connectivity index (χ2n) is 3.67. The molecule has 3 heteroatoms. The summed E-state index contributed by atoms with van der Waals surface area (Å²) in [6.07, 6.45) is 0.982. The third-order valence-electron chi connectivity index (χ3n) is 2.83. The average molecular weight is 208 g/mol. The Kier molecular flexibility index (Phi) is 4.59. The number of hydrogen-bond donors (Lipinski definition) is 2. The van der Waals surface area contributed by atoms with Crippen LogP contribution >= 0.6 is 0 Å². The van der Waals surface area contributed by atoms with E-state index in [1.807, 2.05) is 24.3 Å². The molecule has 0 aliphatic rings. The molecular formula is C12H20N2O. The Labute approximate surface area is 91.4 Å². The van der Waals surface area contributed by atoms with Gasteiger partial charge in [0, 0.05) is 11.6 Å². The standard InChI is InChI=1S/C12H20N2O/c1-3-9(8-13)12(14)10-6-4-5-7-11(10)15-2/h4-7,9,12H,3,8,13-14H2,1-2H3. The van der Waals surface area contributed by atoms with Crippen LogP contribution in [0.15, 0.2) is 24.3 Å². The van der Waals surface area contributed by atoms with Crippen LogP contribution in [0.25, 0.3) is 0 Å². The summed E-state index contributed by atoms with van der Waals surface area (Å²) >= 11 is 0. The topological polar surface area (TPSA) is 61.3 Å². The number of ether oxygens (including phenoxy) is 1. The summed E-state index contributed by atoms with van der Waals surface area (Å²) in [6, 6.07) is 7.80. The van der Waals surface area contributed by atoms with E-state index in [2.05, 4.69) is 6.92 Å². The summed E-state index contributed by atoms with van der Waals surface area (Å²) in [6.45, 7) is 2.71. The summed E-state index contributed by atoms with van der Waals surface area (Å²) in [5.74, 6) is 1.15. The van der Waals surface area contributed by atoms with Crippen LogP contribution in [0.3, 0.4) is 0 Å². The van der Waals surface area contributed by atoms with Gasteiger partial charge in [0.15, 0.2) is 0 Å². The van der Waals surface area contributed by atoms with Gasteiger partial charge in [0.2, 0.25) is 0 Å². The second kappa shape index (κ2) is 5.73. The van der Waals surface area contributed by atoms with Gasteiger partial charge in [0.25, 0.3) is 0 Å². The van der Waals surface area contributed by atoms with Gasteiger partial charge in [-0.1, -0.05) is 31.5 Å². The minimum atomic E-state index is -0.0452. The van der Waals surface area contributed by atoms with Crippen LogP contribution in [-0.2, 0) is 0 Å². The van der Waals surface area contributed by atoms with E-state index in [9.17, 15) is 0 Å².